The molecular formula is C6H5NSn. The van der Waals surface area contributed by atoms with E-state index in [9.17, 15) is 0 Å². The van der Waals surface area contributed by atoms with Crippen LogP contribution in [0.4, 0.5) is 5.69 Å². The normalized spacial score (nSPS) is 8.50. The first-order chi connectivity index (χ1) is 3.93. The van der Waals surface area contributed by atoms with Gasteiger partial charge in [0, 0.05) is 0 Å². The summed E-state index contributed by atoms with van der Waals surface area (Å²) in [6.07, 6.45) is 0. The van der Waals surface area contributed by atoms with Crippen LogP contribution in [0.2, 0.25) is 0 Å². The first-order valence-corrected chi connectivity index (χ1v) is 3.63. The summed E-state index contributed by atoms with van der Waals surface area (Å²) >= 11 is 1.21. The van der Waals surface area contributed by atoms with Crippen LogP contribution in [0.25, 0.3) is 0 Å². The van der Waals surface area contributed by atoms with Crippen LogP contribution in [0, 0.1) is 0 Å². The van der Waals surface area contributed by atoms with Crippen LogP contribution in [0.1, 0.15) is 0 Å². The van der Waals surface area contributed by atoms with Gasteiger partial charge in [0.1, 0.15) is 0 Å². The van der Waals surface area contributed by atoms with Gasteiger partial charge in [-0.1, -0.05) is 0 Å². The second-order valence-corrected chi connectivity index (χ2v) is 2.09. The maximum absolute atomic E-state index is 4.06. The molecule has 1 aromatic carbocycles. The Bertz CT molecular complexity index is 171. The van der Waals surface area contributed by atoms with E-state index < -0.39 is 0 Å². The summed E-state index contributed by atoms with van der Waals surface area (Å²) in [6.45, 7) is 0. The first kappa shape index (κ1) is 5.95. The third-order valence-electron chi connectivity index (χ3n) is 0.885. The molecule has 1 rings (SSSR count). The van der Waals surface area contributed by atoms with Crippen molar-refractivity contribution in [2.75, 3.05) is 0 Å². The van der Waals surface area contributed by atoms with Crippen LogP contribution in [0.15, 0.2) is 33.5 Å². The van der Waals surface area contributed by atoms with Crippen molar-refractivity contribution in [1.82, 2.24) is 0 Å². The van der Waals surface area contributed by atoms with Gasteiger partial charge in [0.25, 0.3) is 0 Å². The van der Waals surface area contributed by atoms with Crippen LogP contribution in [-0.2, 0) is 0 Å². The fraction of sp³-hybridized carbons (Fsp3) is 0. The van der Waals surface area contributed by atoms with Crippen LogP contribution >= 0.6 is 0 Å². The van der Waals surface area contributed by atoms with Gasteiger partial charge < -0.3 is 0 Å². The monoisotopic (exact) mass is 211 g/mol. The number of hydrogen-bond donors (Lipinski definition) is 0. The molecule has 0 aromatic heterocycles. The van der Waals surface area contributed by atoms with E-state index in [1.807, 2.05) is 30.3 Å². The molecule has 0 unspecified atom stereocenters. The van der Waals surface area contributed by atoms with E-state index in [0.29, 0.717) is 0 Å². The van der Waals surface area contributed by atoms with Gasteiger partial charge in [0.05, 0.1) is 0 Å². The summed E-state index contributed by atoms with van der Waals surface area (Å²) in [6, 6.07) is 9.96. The Kier molecular flexibility index (Phi) is 2.21. The molecule has 38 valence electrons. The Labute approximate surface area is 61.7 Å². The molecular weight excluding hydrogens is 205 g/mol. The molecule has 0 aliphatic carbocycles. The standard InChI is InChI=1S/C6H5N.Sn/c7-6-4-2-1-3-5-6;/h1-5H;. The minimum atomic E-state index is 1.07. The molecule has 0 heterocycles. The van der Waals surface area contributed by atoms with Crippen molar-refractivity contribution in [2.24, 2.45) is 3.15 Å². The number of hydrogen-bond acceptors (Lipinski definition) is 1. The Morgan fingerprint density at radius 3 is 2.12 bits per heavy atom. The van der Waals surface area contributed by atoms with Gasteiger partial charge in [0.15, 0.2) is 0 Å². The number of benzene rings is 1. The topological polar surface area (TPSA) is 12.4 Å². The second kappa shape index (κ2) is 2.97. The van der Waals surface area contributed by atoms with Crippen LogP contribution < -0.4 is 0 Å². The van der Waals surface area contributed by atoms with E-state index in [4.69, 9.17) is 0 Å². The summed E-state index contributed by atoms with van der Waals surface area (Å²) < 4.78 is 4.06. The minimum absolute atomic E-state index is 1.07. The maximum atomic E-state index is 4.06. The van der Waals surface area contributed by atoms with E-state index >= 15 is 0 Å². The van der Waals surface area contributed by atoms with Crippen molar-refractivity contribution in [3.05, 3.63) is 30.3 Å². The van der Waals surface area contributed by atoms with Crippen LogP contribution in [0.5, 0.6) is 0 Å². The molecule has 8 heavy (non-hydrogen) atoms. The van der Waals surface area contributed by atoms with Crippen molar-refractivity contribution in [2.45, 2.75) is 0 Å². The molecule has 0 atom stereocenters. The number of nitrogens with zero attached hydrogens (tertiary/aromatic N) is 1. The van der Waals surface area contributed by atoms with Gasteiger partial charge in [-0.25, -0.2) is 0 Å². The van der Waals surface area contributed by atoms with E-state index in [0.717, 1.165) is 5.69 Å². The van der Waals surface area contributed by atoms with Crippen LogP contribution in [0.3, 0.4) is 0 Å². The van der Waals surface area contributed by atoms with E-state index in [2.05, 4.69) is 3.15 Å². The van der Waals surface area contributed by atoms with Gasteiger partial charge in [0.2, 0.25) is 0 Å². The Hall–Kier alpha value is -0.181. The van der Waals surface area contributed by atoms with Crippen molar-refractivity contribution >= 4 is 28.0 Å². The average molecular weight is 210 g/mol. The average Bonchev–Trinajstić information content (AvgIpc) is 1.90. The molecule has 0 aliphatic rings. The first-order valence-electron chi connectivity index (χ1n) is 2.36. The van der Waals surface area contributed by atoms with Gasteiger partial charge in [-0.15, -0.1) is 0 Å². The molecule has 0 fully saturated rings. The zero-order valence-electron chi connectivity index (χ0n) is 4.33. The second-order valence-electron chi connectivity index (χ2n) is 1.45. The molecule has 0 N–H and O–H groups in total. The molecule has 0 spiro atoms. The summed E-state index contributed by atoms with van der Waals surface area (Å²) in [4.78, 5) is 0. The fourth-order valence-corrected chi connectivity index (χ4v) is 0.928. The van der Waals surface area contributed by atoms with Crippen molar-refractivity contribution in [3.63, 3.8) is 0 Å². The van der Waals surface area contributed by atoms with E-state index in [1.165, 1.54) is 22.4 Å². The summed E-state index contributed by atoms with van der Waals surface area (Å²) in [7, 11) is 0. The van der Waals surface area contributed by atoms with Crippen LogP contribution in [-0.4, -0.2) is 22.4 Å². The van der Waals surface area contributed by atoms with Gasteiger partial charge in [-0.05, 0) is 0 Å². The Balaban J connectivity index is 2.99. The van der Waals surface area contributed by atoms with Crippen molar-refractivity contribution < 1.29 is 0 Å². The molecule has 0 saturated carbocycles. The third-order valence-corrected chi connectivity index (χ3v) is 1.62. The molecule has 0 bridgehead atoms. The Morgan fingerprint density at radius 2 is 1.75 bits per heavy atom. The molecule has 0 saturated heterocycles. The summed E-state index contributed by atoms with van der Waals surface area (Å²) in [5.41, 5.74) is 1.07. The predicted octanol–water partition coefficient (Wildman–Crippen LogP) is 1.67. The fourth-order valence-electron chi connectivity index (χ4n) is 0.503. The zero-order chi connectivity index (χ0) is 5.82. The molecule has 0 aliphatic heterocycles. The van der Waals surface area contributed by atoms with Crippen molar-refractivity contribution in [3.8, 4) is 0 Å². The molecule has 2 radical (unpaired) electrons. The zero-order valence-corrected chi connectivity index (χ0v) is 7.19. The number of rotatable bonds is 1. The van der Waals surface area contributed by atoms with Gasteiger partial charge in [-0.2, -0.15) is 0 Å². The SMILES string of the molecule is [Sn]=[N]c1ccccc1. The molecule has 1 aromatic rings. The van der Waals surface area contributed by atoms with E-state index in [-0.39, 0.29) is 0 Å². The Morgan fingerprint density at radius 1 is 1.12 bits per heavy atom. The molecule has 1 nitrogen and oxygen atoms in total. The third kappa shape index (κ3) is 1.40. The summed E-state index contributed by atoms with van der Waals surface area (Å²) in [5, 5.41) is 0. The summed E-state index contributed by atoms with van der Waals surface area (Å²) in [5.74, 6) is 0. The molecule has 0 amide bonds. The predicted molar refractivity (Wildman–Crippen MR) is 34.3 cm³/mol. The van der Waals surface area contributed by atoms with Crippen molar-refractivity contribution in [1.29, 1.82) is 0 Å². The molecule has 2 heteroatoms. The van der Waals surface area contributed by atoms with Gasteiger partial charge >= 0.3 is 61.5 Å². The van der Waals surface area contributed by atoms with Gasteiger partial charge in [-0.3, -0.25) is 0 Å². The quantitative estimate of drug-likeness (QED) is 0.625. The van der Waals surface area contributed by atoms with E-state index in [1.54, 1.807) is 0 Å².